The topological polar surface area (TPSA) is 73.3 Å². The predicted molar refractivity (Wildman–Crippen MR) is 101 cm³/mol. The van der Waals surface area contributed by atoms with Gasteiger partial charge in [-0.3, -0.25) is 15.0 Å². The summed E-state index contributed by atoms with van der Waals surface area (Å²) in [6, 6.07) is 2.09. The highest BCUT2D eigenvalue weighted by molar-refractivity contribution is 6.16. The maximum Gasteiger partial charge on any atom is 0.110 e. The summed E-state index contributed by atoms with van der Waals surface area (Å²) in [5.74, 6) is 0. The van der Waals surface area contributed by atoms with Crippen LogP contribution < -0.4 is 0 Å². The summed E-state index contributed by atoms with van der Waals surface area (Å²) in [4.78, 5) is 14.6. The number of allylic oxidation sites excluding steroid dienone is 7. The van der Waals surface area contributed by atoms with Crippen LogP contribution in [0.4, 0.5) is 0 Å². The molecule has 0 bridgehead atoms. The van der Waals surface area contributed by atoms with Crippen LogP contribution in [0.2, 0.25) is 0 Å². The lowest BCUT2D eigenvalue weighted by Crippen LogP contribution is -2.19. The molecule has 0 radical (unpaired) electrons. The first-order chi connectivity index (χ1) is 12.4. The number of ether oxygens (including phenoxy) is 1. The molecular formula is C19H19N5O. The third-order valence-corrected chi connectivity index (χ3v) is 3.14. The summed E-state index contributed by atoms with van der Waals surface area (Å²) in [5.41, 5.74) is 1.41. The van der Waals surface area contributed by atoms with Gasteiger partial charge >= 0.3 is 0 Å². The molecule has 2 rings (SSSR count). The third-order valence-electron chi connectivity index (χ3n) is 3.14. The quantitative estimate of drug-likeness (QED) is 0.683. The van der Waals surface area contributed by atoms with Gasteiger partial charge in [0.2, 0.25) is 0 Å². The molecular weight excluding hydrogens is 314 g/mol. The average molecular weight is 333 g/mol. The van der Waals surface area contributed by atoms with Gasteiger partial charge in [-0.15, -0.1) is 0 Å². The van der Waals surface area contributed by atoms with Gasteiger partial charge in [0, 0.05) is 31.4 Å². The maximum absolute atomic E-state index is 9.09. The highest BCUT2D eigenvalue weighted by Crippen LogP contribution is 2.10. The number of rotatable bonds is 0. The fraction of sp³-hybridized carbons (Fsp3) is 0.158. The fourth-order valence-electron chi connectivity index (χ4n) is 1.93. The van der Waals surface area contributed by atoms with Crippen LogP contribution in [0.15, 0.2) is 87.6 Å². The first-order valence-electron chi connectivity index (χ1n) is 7.80. The zero-order chi connectivity index (χ0) is 17.6. The minimum Gasteiger partial charge on any atom is -0.471 e. The van der Waals surface area contributed by atoms with Crippen molar-refractivity contribution >= 4 is 18.6 Å². The van der Waals surface area contributed by atoms with Crippen LogP contribution in [0.25, 0.3) is 0 Å². The van der Waals surface area contributed by atoms with Crippen molar-refractivity contribution in [2.45, 2.75) is 6.42 Å². The summed E-state index contributed by atoms with van der Waals surface area (Å²) >= 11 is 0. The van der Waals surface area contributed by atoms with Crippen molar-refractivity contribution < 1.29 is 4.74 Å². The van der Waals surface area contributed by atoms with Crippen molar-refractivity contribution in [3.05, 3.63) is 72.7 Å². The number of nitrogens with zero attached hydrogens (tertiary/aromatic N) is 5. The molecule has 0 aromatic rings. The molecule has 0 aliphatic carbocycles. The summed E-state index contributed by atoms with van der Waals surface area (Å²) in [7, 11) is 0. The molecule has 0 N–H and O–H groups in total. The normalized spacial score (nSPS) is 25.5. The molecule has 0 fully saturated rings. The van der Waals surface area contributed by atoms with Crippen LogP contribution in [0.5, 0.6) is 0 Å². The first kappa shape index (κ1) is 17.9. The van der Waals surface area contributed by atoms with Crippen LogP contribution in [0.1, 0.15) is 6.42 Å². The molecule has 25 heavy (non-hydrogen) atoms. The van der Waals surface area contributed by atoms with E-state index >= 15 is 0 Å². The van der Waals surface area contributed by atoms with Crippen molar-refractivity contribution in [1.29, 1.82) is 5.26 Å². The Balaban J connectivity index is 2.09. The van der Waals surface area contributed by atoms with Gasteiger partial charge in [-0.1, -0.05) is 18.2 Å². The zero-order valence-corrected chi connectivity index (χ0v) is 13.8. The van der Waals surface area contributed by atoms with Crippen LogP contribution in [0.3, 0.4) is 0 Å². The number of aliphatic imine (C=N–C) groups is 3. The van der Waals surface area contributed by atoms with Crippen LogP contribution in [0, 0.1) is 11.3 Å². The van der Waals surface area contributed by atoms with E-state index in [-0.39, 0.29) is 0 Å². The van der Waals surface area contributed by atoms with Gasteiger partial charge in [-0.25, -0.2) is 0 Å². The van der Waals surface area contributed by atoms with Gasteiger partial charge in [0.15, 0.2) is 0 Å². The minimum atomic E-state index is 0.454. The molecule has 0 saturated carbocycles. The van der Waals surface area contributed by atoms with Crippen LogP contribution in [-0.4, -0.2) is 36.8 Å². The highest BCUT2D eigenvalue weighted by atomic mass is 16.5. The number of hydrogen-bond donors (Lipinski definition) is 0. The molecule has 2 aliphatic rings. The van der Waals surface area contributed by atoms with Crippen molar-refractivity contribution in [2.75, 3.05) is 13.2 Å². The Labute approximate surface area is 147 Å². The maximum atomic E-state index is 9.09. The Bertz CT molecular complexity index is 742. The number of fused-ring (bicyclic) bond motifs is 1. The molecule has 0 aromatic carbocycles. The largest absolute Gasteiger partial charge is 0.471 e. The van der Waals surface area contributed by atoms with Gasteiger partial charge in [0.1, 0.15) is 19.0 Å². The lowest BCUT2D eigenvalue weighted by molar-refractivity contribution is 0.397. The predicted octanol–water partition coefficient (Wildman–Crippen LogP) is 3.28. The summed E-state index contributed by atoms with van der Waals surface area (Å²) in [6.45, 7) is 1.41. The molecule has 126 valence electrons. The van der Waals surface area contributed by atoms with E-state index in [0.717, 1.165) is 18.7 Å². The second-order valence-corrected chi connectivity index (χ2v) is 4.93. The molecule has 2 heterocycles. The van der Waals surface area contributed by atoms with Crippen molar-refractivity contribution in [1.82, 2.24) is 4.90 Å². The molecule has 0 unspecified atom stereocenters. The molecule has 2 aliphatic heterocycles. The van der Waals surface area contributed by atoms with E-state index in [0.29, 0.717) is 12.2 Å². The molecule has 0 amide bonds. The second kappa shape index (κ2) is 11.1. The molecule has 6 nitrogen and oxygen atoms in total. The zero-order valence-electron chi connectivity index (χ0n) is 13.8. The summed E-state index contributed by atoms with van der Waals surface area (Å²) in [6.07, 6.45) is 23.0. The smallest absolute Gasteiger partial charge is 0.110 e. The second-order valence-electron chi connectivity index (χ2n) is 4.93. The van der Waals surface area contributed by atoms with E-state index < -0.39 is 0 Å². The van der Waals surface area contributed by atoms with E-state index in [4.69, 9.17) is 10.00 Å². The highest BCUT2D eigenvalue weighted by Gasteiger charge is 2.10. The Morgan fingerprint density at radius 1 is 1.12 bits per heavy atom. The lowest BCUT2D eigenvalue weighted by atomic mass is 10.2. The fourth-order valence-corrected chi connectivity index (χ4v) is 1.93. The van der Waals surface area contributed by atoms with Gasteiger partial charge in [-0.2, -0.15) is 5.26 Å². The molecule has 0 saturated heterocycles. The van der Waals surface area contributed by atoms with Crippen LogP contribution in [-0.2, 0) is 4.74 Å². The Morgan fingerprint density at radius 3 is 2.92 bits per heavy atom. The first-order valence-corrected chi connectivity index (χ1v) is 7.80. The van der Waals surface area contributed by atoms with E-state index in [1.807, 2.05) is 12.2 Å². The van der Waals surface area contributed by atoms with Gasteiger partial charge in [-0.05, 0) is 24.6 Å². The Hall–Kier alpha value is -3.46. The molecule has 6 heteroatoms. The van der Waals surface area contributed by atoms with Gasteiger partial charge in [0.25, 0.3) is 0 Å². The average Bonchev–Trinajstić information content (AvgIpc) is 3.07. The minimum absolute atomic E-state index is 0.454. The molecule has 0 atom stereocenters. The lowest BCUT2D eigenvalue weighted by Gasteiger charge is -2.16. The Morgan fingerprint density at radius 2 is 2.00 bits per heavy atom. The standard InChI is InChI=1S/C19H19N5O/c20-13-18-7-3-5-11-24-17-23-15-19(24)14-22-10-9-21-8-4-1-2-6-12-25-16-18/h1-4,6-10,12,14-16H,5,11,17H2/b2-1-,7-3-,8-4-,12-6-,18-16+,19-14?,21-9?,22-10?. The molecule has 0 aromatic heterocycles. The van der Waals surface area contributed by atoms with E-state index in [2.05, 4.69) is 25.9 Å². The van der Waals surface area contributed by atoms with E-state index in [1.54, 1.807) is 55.3 Å². The van der Waals surface area contributed by atoms with Crippen LogP contribution >= 0.6 is 0 Å². The van der Waals surface area contributed by atoms with Crippen molar-refractivity contribution in [3.8, 4) is 6.07 Å². The van der Waals surface area contributed by atoms with Crippen molar-refractivity contribution in [2.24, 2.45) is 15.0 Å². The molecule has 0 spiro atoms. The monoisotopic (exact) mass is 333 g/mol. The van der Waals surface area contributed by atoms with Crippen molar-refractivity contribution in [3.63, 3.8) is 0 Å². The Kier molecular flexibility index (Phi) is 7.97. The SMILES string of the molecule is N#CC1=C/O\C=C/C=C\C=C/N=CC=NC=C2C=NCN2CC/C=C\1. The summed E-state index contributed by atoms with van der Waals surface area (Å²) < 4.78 is 5.21. The van der Waals surface area contributed by atoms with Gasteiger partial charge < -0.3 is 9.64 Å². The van der Waals surface area contributed by atoms with E-state index in [1.165, 1.54) is 12.5 Å². The van der Waals surface area contributed by atoms with Gasteiger partial charge in [0.05, 0.1) is 23.7 Å². The number of nitriles is 1. The van der Waals surface area contributed by atoms with E-state index in [9.17, 15) is 0 Å². The summed E-state index contributed by atoms with van der Waals surface area (Å²) in [5, 5.41) is 9.09. The number of hydrogen-bond acceptors (Lipinski definition) is 6. The third kappa shape index (κ3) is 7.10.